The predicted octanol–water partition coefficient (Wildman–Crippen LogP) is 3.36. The van der Waals surface area contributed by atoms with Crippen molar-refractivity contribution in [3.63, 3.8) is 0 Å². The predicted molar refractivity (Wildman–Crippen MR) is 84.3 cm³/mol. The van der Waals surface area contributed by atoms with Crippen molar-refractivity contribution >= 4 is 21.6 Å². The minimum Gasteiger partial charge on any atom is -0.345 e. The Bertz CT molecular complexity index is 500. The van der Waals surface area contributed by atoms with Crippen LogP contribution >= 0.6 is 15.9 Å². The molecule has 1 atom stereocenters. The molecule has 1 aromatic carbocycles. The molecule has 0 amide bonds. The second-order valence-corrected chi connectivity index (χ2v) is 5.41. The average molecular weight is 335 g/mol. The standard InChI is InChI=1S/C15H19BrN4/c1-3-8-19-12(2)14-5-4-13(11-15(14)16)20(9-6-17)10-7-18/h4-5,11-12,19H,3,8-10H2,1-2H3. The Morgan fingerprint density at radius 3 is 2.45 bits per heavy atom. The van der Waals surface area contributed by atoms with E-state index in [-0.39, 0.29) is 19.1 Å². The number of anilines is 1. The molecule has 106 valence electrons. The molecule has 0 aromatic heterocycles. The van der Waals surface area contributed by atoms with Crippen molar-refractivity contribution in [2.75, 3.05) is 24.5 Å². The van der Waals surface area contributed by atoms with Crippen LogP contribution in [0.3, 0.4) is 0 Å². The number of benzene rings is 1. The molecule has 1 N–H and O–H groups in total. The first kappa shape index (κ1) is 16.5. The van der Waals surface area contributed by atoms with E-state index in [1.165, 1.54) is 5.56 Å². The maximum absolute atomic E-state index is 8.81. The van der Waals surface area contributed by atoms with Gasteiger partial charge in [-0.2, -0.15) is 10.5 Å². The largest absolute Gasteiger partial charge is 0.345 e. The molecular formula is C15H19BrN4. The fourth-order valence-electron chi connectivity index (χ4n) is 1.94. The monoisotopic (exact) mass is 334 g/mol. The summed E-state index contributed by atoms with van der Waals surface area (Å²) < 4.78 is 0.993. The van der Waals surface area contributed by atoms with Gasteiger partial charge in [-0.05, 0) is 37.6 Å². The second kappa shape index (κ2) is 8.58. The molecule has 0 aliphatic rings. The summed E-state index contributed by atoms with van der Waals surface area (Å²) in [4.78, 5) is 1.75. The van der Waals surface area contributed by atoms with E-state index in [1.807, 2.05) is 18.2 Å². The first-order chi connectivity index (χ1) is 9.63. The van der Waals surface area contributed by atoms with Crippen LogP contribution in [-0.4, -0.2) is 19.6 Å². The van der Waals surface area contributed by atoms with Gasteiger partial charge in [-0.25, -0.2) is 0 Å². The van der Waals surface area contributed by atoms with Gasteiger partial charge >= 0.3 is 0 Å². The molecule has 0 heterocycles. The molecule has 1 unspecified atom stereocenters. The van der Waals surface area contributed by atoms with Gasteiger partial charge in [0.05, 0.1) is 12.1 Å². The Labute approximate surface area is 129 Å². The molecule has 0 radical (unpaired) electrons. The smallest absolute Gasteiger partial charge is 0.106 e. The number of nitriles is 2. The summed E-state index contributed by atoms with van der Waals surface area (Å²) in [7, 11) is 0. The number of hydrogen-bond acceptors (Lipinski definition) is 4. The molecule has 4 nitrogen and oxygen atoms in total. The second-order valence-electron chi connectivity index (χ2n) is 4.55. The molecule has 0 spiro atoms. The Balaban J connectivity index is 2.91. The van der Waals surface area contributed by atoms with Crippen molar-refractivity contribution < 1.29 is 0 Å². The fourth-order valence-corrected chi connectivity index (χ4v) is 2.65. The van der Waals surface area contributed by atoms with Crippen LogP contribution < -0.4 is 10.2 Å². The Morgan fingerprint density at radius 2 is 1.95 bits per heavy atom. The zero-order valence-corrected chi connectivity index (χ0v) is 13.4. The van der Waals surface area contributed by atoms with E-state index in [1.54, 1.807) is 4.90 Å². The average Bonchev–Trinajstić information content (AvgIpc) is 2.44. The lowest BCUT2D eigenvalue weighted by atomic mass is 10.1. The maximum atomic E-state index is 8.81. The van der Waals surface area contributed by atoms with E-state index in [2.05, 4.69) is 47.2 Å². The van der Waals surface area contributed by atoms with E-state index >= 15 is 0 Å². The van der Waals surface area contributed by atoms with E-state index in [4.69, 9.17) is 10.5 Å². The van der Waals surface area contributed by atoms with Gasteiger partial charge in [0.15, 0.2) is 0 Å². The summed E-state index contributed by atoms with van der Waals surface area (Å²) in [6, 6.07) is 10.4. The summed E-state index contributed by atoms with van der Waals surface area (Å²) in [6.07, 6.45) is 1.10. The maximum Gasteiger partial charge on any atom is 0.106 e. The number of halogens is 1. The third-order valence-corrected chi connectivity index (χ3v) is 3.73. The first-order valence-corrected chi connectivity index (χ1v) is 7.45. The van der Waals surface area contributed by atoms with Crippen molar-refractivity contribution in [3.05, 3.63) is 28.2 Å². The van der Waals surface area contributed by atoms with Gasteiger partial charge in [0.25, 0.3) is 0 Å². The topological polar surface area (TPSA) is 62.9 Å². The fraction of sp³-hybridized carbons (Fsp3) is 0.467. The lowest BCUT2D eigenvalue weighted by Gasteiger charge is -2.21. The molecule has 0 aliphatic heterocycles. The van der Waals surface area contributed by atoms with Gasteiger partial charge in [0, 0.05) is 16.2 Å². The van der Waals surface area contributed by atoms with Crippen LogP contribution in [0.4, 0.5) is 5.69 Å². The Kier molecular flexibility index (Phi) is 7.08. The Hall–Kier alpha value is -1.56. The summed E-state index contributed by atoms with van der Waals surface area (Å²) >= 11 is 3.58. The summed E-state index contributed by atoms with van der Waals surface area (Å²) in [5.41, 5.74) is 2.06. The summed E-state index contributed by atoms with van der Waals surface area (Å²) in [5, 5.41) is 21.1. The van der Waals surface area contributed by atoms with Crippen LogP contribution in [0.15, 0.2) is 22.7 Å². The van der Waals surface area contributed by atoms with Crippen LogP contribution in [0.25, 0.3) is 0 Å². The number of nitrogens with one attached hydrogen (secondary N) is 1. The number of nitrogens with zero attached hydrogens (tertiary/aromatic N) is 3. The number of hydrogen-bond donors (Lipinski definition) is 1. The van der Waals surface area contributed by atoms with Gasteiger partial charge in [-0.3, -0.25) is 0 Å². The molecule has 0 saturated carbocycles. The van der Waals surface area contributed by atoms with Crippen LogP contribution in [0.2, 0.25) is 0 Å². The van der Waals surface area contributed by atoms with Gasteiger partial charge in [-0.1, -0.05) is 28.9 Å². The normalized spacial score (nSPS) is 11.4. The first-order valence-electron chi connectivity index (χ1n) is 6.65. The van der Waals surface area contributed by atoms with Crippen molar-refractivity contribution in [3.8, 4) is 12.1 Å². The van der Waals surface area contributed by atoms with Gasteiger partial charge < -0.3 is 10.2 Å². The van der Waals surface area contributed by atoms with Gasteiger partial charge in [-0.15, -0.1) is 0 Å². The van der Waals surface area contributed by atoms with Crippen LogP contribution in [0.1, 0.15) is 31.9 Å². The van der Waals surface area contributed by atoms with Crippen LogP contribution in [0, 0.1) is 22.7 Å². The minimum absolute atomic E-state index is 0.211. The molecule has 20 heavy (non-hydrogen) atoms. The van der Waals surface area contributed by atoms with Crippen molar-refractivity contribution in [1.82, 2.24) is 5.32 Å². The third kappa shape index (κ3) is 4.52. The molecule has 0 fully saturated rings. The van der Waals surface area contributed by atoms with E-state index in [0.29, 0.717) is 0 Å². The van der Waals surface area contributed by atoms with E-state index in [0.717, 1.165) is 23.1 Å². The molecule has 0 aliphatic carbocycles. The SMILES string of the molecule is CCCNC(C)c1ccc(N(CC#N)CC#N)cc1Br. The van der Waals surface area contributed by atoms with Crippen molar-refractivity contribution in [2.24, 2.45) is 0 Å². The zero-order valence-electron chi connectivity index (χ0n) is 11.9. The summed E-state index contributed by atoms with van der Waals surface area (Å²) in [6.45, 7) is 5.66. The molecule has 0 bridgehead atoms. The van der Waals surface area contributed by atoms with Crippen molar-refractivity contribution in [2.45, 2.75) is 26.3 Å². The molecular weight excluding hydrogens is 316 g/mol. The third-order valence-electron chi connectivity index (χ3n) is 3.04. The highest BCUT2D eigenvalue weighted by molar-refractivity contribution is 9.10. The van der Waals surface area contributed by atoms with Crippen molar-refractivity contribution in [1.29, 1.82) is 10.5 Å². The quantitative estimate of drug-likeness (QED) is 0.776. The van der Waals surface area contributed by atoms with Crippen LogP contribution in [0.5, 0.6) is 0 Å². The highest BCUT2D eigenvalue weighted by Gasteiger charge is 2.12. The Morgan fingerprint density at radius 1 is 1.30 bits per heavy atom. The van der Waals surface area contributed by atoms with E-state index < -0.39 is 0 Å². The van der Waals surface area contributed by atoms with Gasteiger partial charge in [0.1, 0.15) is 13.1 Å². The lowest BCUT2D eigenvalue weighted by Crippen LogP contribution is -2.24. The van der Waals surface area contributed by atoms with Crippen LogP contribution in [-0.2, 0) is 0 Å². The van der Waals surface area contributed by atoms with Gasteiger partial charge in [0.2, 0.25) is 0 Å². The molecule has 1 aromatic rings. The minimum atomic E-state index is 0.211. The molecule has 5 heteroatoms. The van der Waals surface area contributed by atoms with E-state index in [9.17, 15) is 0 Å². The summed E-state index contributed by atoms with van der Waals surface area (Å²) in [5.74, 6) is 0. The molecule has 1 rings (SSSR count). The highest BCUT2D eigenvalue weighted by atomic mass is 79.9. The molecule has 0 saturated heterocycles. The lowest BCUT2D eigenvalue weighted by molar-refractivity contribution is 0.569. The number of rotatable bonds is 7. The highest BCUT2D eigenvalue weighted by Crippen LogP contribution is 2.28. The zero-order chi connectivity index (χ0) is 15.0.